The Hall–Kier alpha value is -2.83. The van der Waals surface area contributed by atoms with Crippen LogP contribution in [0.15, 0.2) is 34.9 Å². The Morgan fingerprint density at radius 3 is 2.92 bits per heavy atom. The molecule has 2 amide bonds. The zero-order valence-electron chi connectivity index (χ0n) is 19.3. The summed E-state index contributed by atoms with van der Waals surface area (Å²) in [5, 5.41) is 14.0. The molecule has 2 aromatic heterocycles. The number of benzene rings is 1. The van der Waals surface area contributed by atoms with Gasteiger partial charge in [-0.25, -0.2) is 8.78 Å². The van der Waals surface area contributed by atoms with Gasteiger partial charge in [-0.2, -0.15) is 5.10 Å². The van der Waals surface area contributed by atoms with Crippen molar-refractivity contribution in [3.8, 4) is 16.3 Å². The van der Waals surface area contributed by atoms with Crippen LogP contribution in [-0.4, -0.2) is 53.9 Å². The first kappa shape index (κ1) is 24.8. The summed E-state index contributed by atoms with van der Waals surface area (Å²) in [5.74, 6) is -2.60. The molecule has 2 aliphatic heterocycles. The third kappa shape index (κ3) is 4.89. The maximum absolute atomic E-state index is 14.1. The molecule has 0 aliphatic carbocycles. The smallest absolute Gasteiger partial charge is 0.261 e. The van der Waals surface area contributed by atoms with Crippen molar-refractivity contribution in [2.75, 3.05) is 20.2 Å². The lowest BCUT2D eigenvalue weighted by Crippen LogP contribution is -2.54. The van der Waals surface area contributed by atoms with E-state index in [4.69, 9.17) is 4.74 Å². The molecule has 0 bridgehead atoms. The van der Waals surface area contributed by atoms with Crippen LogP contribution < -0.4 is 20.7 Å². The number of carbonyl (C=O) groups excluding carboxylic acids is 2. The Labute approximate surface area is 218 Å². The highest BCUT2D eigenvalue weighted by Crippen LogP contribution is 2.43. The van der Waals surface area contributed by atoms with Crippen LogP contribution in [0.5, 0.6) is 5.06 Å². The van der Waals surface area contributed by atoms with Crippen molar-refractivity contribution < 1.29 is 23.1 Å². The number of hydrogen-bond acceptors (Lipinski definition) is 6. The molecule has 0 saturated carbocycles. The van der Waals surface area contributed by atoms with Gasteiger partial charge in [0.1, 0.15) is 6.61 Å². The van der Waals surface area contributed by atoms with Crippen molar-refractivity contribution in [2.45, 2.75) is 37.4 Å². The number of nitrogens with zero attached hydrogens (tertiary/aromatic N) is 2. The zero-order chi connectivity index (χ0) is 25.4. The van der Waals surface area contributed by atoms with Gasteiger partial charge in [-0.1, -0.05) is 17.4 Å². The van der Waals surface area contributed by atoms with Gasteiger partial charge in [-0.3, -0.25) is 14.3 Å². The number of carbonyl (C=O) groups is 2. The molecule has 1 saturated heterocycles. The number of thiophene rings is 1. The molecule has 1 aromatic carbocycles. The Kier molecular flexibility index (Phi) is 7.09. The monoisotopic (exact) mass is 579 g/mol. The van der Waals surface area contributed by atoms with Gasteiger partial charge < -0.3 is 20.7 Å². The van der Waals surface area contributed by atoms with E-state index in [1.807, 2.05) is 4.68 Å². The molecular formula is C24H24BrF2N5O3S. The summed E-state index contributed by atoms with van der Waals surface area (Å²) in [6.45, 7) is 1.41. The number of fused-ring (bicyclic) bond motifs is 3. The fourth-order valence-corrected chi connectivity index (χ4v) is 6.20. The van der Waals surface area contributed by atoms with E-state index in [9.17, 15) is 18.4 Å². The second-order valence-electron chi connectivity index (χ2n) is 8.80. The summed E-state index contributed by atoms with van der Waals surface area (Å²) in [7, 11) is 1.57. The maximum atomic E-state index is 14.1. The summed E-state index contributed by atoms with van der Waals surface area (Å²) in [6, 6.07) is 5.01. The molecule has 5 rings (SSSR count). The minimum absolute atomic E-state index is 0.121. The predicted octanol–water partition coefficient (Wildman–Crippen LogP) is 3.42. The average Bonchev–Trinajstić information content (AvgIpc) is 3.40. The first-order valence-electron chi connectivity index (χ1n) is 11.5. The molecule has 12 heteroatoms. The van der Waals surface area contributed by atoms with Crippen LogP contribution in [0.25, 0.3) is 11.3 Å². The van der Waals surface area contributed by atoms with E-state index < -0.39 is 17.7 Å². The van der Waals surface area contributed by atoms with Crippen LogP contribution in [0.2, 0.25) is 0 Å². The van der Waals surface area contributed by atoms with E-state index in [0.29, 0.717) is 41.6 Å². The van der Waals surface area contributed by atoms with Gasteiger partial charge in [0, 0.05) is 38.0 Å². The molecule has 36 heavy (non-hydrogen) atoms. The number of ether oxygens (including phenoxy) is 1. The highest BCUT2D eigenvalue weighted by molar-refractivity contribution is 9.10. The topological polar surface area (TPSA) is 97.3 Å². The summed E-state index contributed by atoms with van der Waals surface area (Å²) in [5.41, 5.74) is 2.21. The zero-order valence-corrected chi connectivity index (χ0v) is 21.7. The number of hydrogen-bond donors (Lipinski definition) is 3. The van der Waals surface area contributed by atoms with Crippen LogP contribution in [0, 0.1) is 11.6 Å². The Balaban J connectivity index is 1.39. The number of amides is 2. The van der Waals surface area contributed by atoms with E-state index in [0.717, 1.165) is 21.8 Å². The molecule has 190 valence electrons. The van der Waals surface area contributed by atoms with Crippen LogP contribution in [0.1, 0.15) is 34.0 Å². The molecule has 0 spiro atoms. The van der Waals surface area contributed by atoms with Gasteiger partial charge in [0.05, 0.1) is 33.3 Å². The SMILES string of the molecule is CNC(=O)C[C@@H]1C[C@@H](c2ccc(F)c(F)c2)[C@H](NC(=O)c2cc3c(s2)OCCn2ncc(Br)c2-3)CN1. The fourth-order valence-electron chi connectivity index (χ4n) is 4.76. The third-order valence-electron chi connectivity index (χ3n) is 6.56. The normalized spacial score (nSPS) is 21.1. The van der Waals surface area contributed by atoms with Crippen molar-refractivity contribution in [1.29, 1.82) is 0 Å². The summed E-state index contributed by atoms with van der Waals surface area (Å²) < 4.78 is 36.2. The third-order valence-corrected chi connectivity index (χ3v) is 8.18. The van der Waals surface area contributed by atoms with Crippen molar-refractivity contribution in [1.82, 2.24) is 25.7 Å². The Morgan fingerprint density at radius 2 is 2.14 bits per heavy atom. The van der Waals surface area contributed by atoms with Crippen molar-refractivity contribution in [2.24, 2.45) is 0 Å². The van der Waals surface area contributed by atoms with Gasteiger partial charge in [-0.15, -0.1) is 0 Å². The van der Waals surface area contributed by atoms with Crippen molar-refractivity contribution in [3.05, 3.63) is 57.0 Å². The average molecular weight is 580 g/mol. The van der Waals surface area contributed by atoms with Crippen molar-refractivity contribution in [3.63, 3.8) is 0 Å². The van der Waals surface area contributed by atoms with Crippen LogP contribution in [-0.2, 0) is 11.3 Å². The number of nitrogens with one attached hydrogen (secondary N) is 3. The number of aromatic nitrogens is 2. The number of rotatable bonds is 5. The van der Waals surface area contributed by atoms with E-state index in [2.05, 4.69) is 37.0 Å². The molecule has 3 aromatic rings. The minimum atomic E-state index is -0.944. The van der Waals surface area contributed by atoms with Crippen LogP contribution >= 0.6 is 27.3 Å². The minimum Gasteiger partial charge on any atom is -0.481 e. The fraction of sp³-hybridized carbons (Fsp3) is 0.375. The predicted molar refractivity (Wildman–Crippen MR) is 134 cm³/mol. The second kappa shape index (κ2) is 10.3. The maximum Gasteiger partial charge on any atom is 0.261 e. The largest absolute Gasteiger partial charge is 0.481 e. The Bertz CT molecular complexity index is 1310. The van der Waals surface area contributed by atoms with E-state index >= 15 is 0 Å². The quantitative estimate of drug-likeness (QED) is 0.430. The van der Waals surface area contributed by atoms with E-state index in [-0.39, 0.29) is 30.2 Å². The van der Waals surface area contributed by atoms with Gasteiger partial charge in [-0.05, 0) is 46.1 Å². The molecule has 8 nitrogen and oxygen atoms in total. The standard InChI is InChI=1S/C24H24BrF2N5O3S/c1-28-21(33)8-13-7-14(12-2-3-17(26)18(27)6-12)19(11-29-13)31-23(34)20-9-15-22-16(25)10-30-32(22)4-5-35-24(15)36-20/h2-3,6,9-10,13-14,19,29H,4-5,7-8,11H2,1H3,(H,28,33)(H,31,34)/t13-,14-,19+/m0/s1. The molecule has 3 atom stereocenters. The van der Waals surface area contributed by atoms with E-state index in [1.165, 1.54) is 23.5 Å². The first-order chi connectivity index (χ1) is 17.3. The second-order valence-corrected chi connectivity index (χ2v) is 10.7. The molecule has 0 radical (unpaired) electrons. The lowest BCUT2D eigenvalue weighted by atomic mass is 9.81. The van der Waals surface area contributed by atoms with Crippen molar-refractivity contribution >= 4 is 39.1 Å². The molecule has 0 unspecified atom stereocenters. The lowest BCUT2D eigenvalue weighted by Gasteiger charge is -2.37. The first-order valence-corrected chi connectivity index (χ1v) is 13.1. The van der Waals surface area contributed by atoms with Crippen LogP contribution in [0.3, 0.4) is 0 Å². The molecule has 4 heterocycles. The highest BCUT2D eigenvalue weighted by Gasteiger charge is 2.34. The van der Waals surface area contributed by atoms with Crippen LogP contribution in [0.4, 0.5) is 8.78 Å². The highest BCUT2D eigenvalue weighted by atomic mass is 79.9. The van der Waals surface area contributed by atoms with Gasteiger partial charge in [0.15, 0.2) is 16.7 Å². The molecular weight excluding hydrogens is 556 g/mol. The molecule has 2 aliphatic rings. The van der Waals surface area contributed by atoms with Gasteiger partial charge >= 0.3 is 0 Å². The van der Waals surface area contributed by atoms with Gasteiger partial charge in [0.2, 0.25) is 5.91 Å². The lowest BCUT2D eigenvalue weighted by molar-refractivity contribution is -0.121. The summed E-state index contributed by atoms with van der Waals surface area (Å²) >= 11 is 4.78. The summed E-state index contributed by atoms with van der Waals surface area (Å²) in [4.78, 5) is 25.7. The Morgan fingerprint density at radius 1 is 1.31 bits per heavy atom. The number of halogens is 3. The van der Waals surface area contributed by atoms with Gasteiger partial charge in [0.25, 0.3) is 5.91 Å². The molecule has 1 fully saturated rings. The number of piperidine rings is 1. The molecule has 3 N–H and O–H groups in total. The summed E-state index contributed by atoms with van der Waals surface area (Å²) in [6.07, 6.45) is 2.44. The van der Waals surface area contributed by atoms with E-state index in [1.54, 1.807) is 19.3 Å².